The number of carbonyl (C=O) groups is 1. The van der Waals surface area contributed by atoms with E-state index >= 15 is 0 Å². The second kappa shape index (κ2) is 4.42. The molecule has 1 rings (SSSR count). The normalized spacial score (nSPS) is 27.8. The third-order valence-corrected chi connectivity index (χ3v) is 2.26. The average molecular weight is 172 g/mol. The number of hydrogen-bond donors (Lipinski definition) is 2. The number of methoxy groups -OCH3 is 1. The maximum atomic E-state index is 10.8. The van der Waals surface area contributed by atoms with Gasteiger partial charge in [0.05, 0.1) is 12.6 Å². The molecule has 0 radical (unpaired) electrons. The van der Waals surface area contributed by atoms with Gasteiger partial charge in [-0.3, -0.25) is 4.79 Å². The molecule has 0 spiro atoms. The molecule has 1 aliphatic rings. The Bertz CT molecular complexity index is 155. The van der Waals surface area contributed by atoms with Crippen molar-refractivity contribution in [3.63, 3.8) is 0 Å². The second-order valence-corrected chi connectivity index (χ2v) is 3.08. The van der Waals surface area contributed by atoms with Gasteiger partial charge >= 0.3 is 0 Å². The van der Waals surface area contributed by atoms with E-state index in [4.69, 9.17) is 4.74 Å². The molecule has 0 aromatic carbocycles. The number of ether oxygens (including phenoxy) is 1. The minimum atomic E-state index is 0.0378. The number of nitrogens with one attached hydrogen (secondary N) is 2. The lowest BCUT2D eigenvalue weighted by molar-refractivity contribution is -0.120. The number of carbonyl (C=O) groups excluding carboxylic acids is 1. The van der Waals surface area contributed by atoms with Crippen LogP contribution in [0.15, 0.2) is 0 Å². The lowest BCUT2D eigenvalue weighted by atomic mass is 9.89. The summed E-state index contributed by atoms with van der Waals surface area (Å²) in [5, 5.41) is 5.70. The number of hydrogen-bond acceptors (Lipinski definition) is 3. The third-order valence-electron chi connectivity index (χ3n) is 2.26. The zero-order valence-corrected chi connectivity index (χ0v) is 7.59. The van der Waals surface area contributed by atoms with Crippen molar-refractivity contribution < 1.29 is 9.53 Å². The molecule has 4 heteroatoms. The fourth-order valence-corrected chi connectivity index (χ4v) is 1.25. The maximum Gasteiger partial charge on any atom is 0.233 e. The second-order valence-electron chi connectivity index (χ2n) is 3.08. The largest absolute Gasteiger partial charge is 0.381 e. The first kappa shape index (κ1) is 9.48. The summed E-state index contributed by atoms with van der Waals surface area (Å²) in [6.07, 6.45) is 2.44. The summed E-state index contributed by atoms with van der Waals surface area (Å²) in [5.74, 6) is 0.0378. The molecule has 0 bridgehead atoms. The first-order chi connectivity index (χ1) is 5.76. The Kier molecular flexibility index (Phi) is 3.49. The van der Waals surface area contributed by atoms with E-state index in [1.54, 1.807) is 14.2 Å². The van der Waals surface area contributed by atoms with Gasteiger partial charge in [0.1, 0.15) is 0 Å². The number of amides is 1. The summed E-state index contributed by atoms with van der Waals surface area (Å²) in [4.78, 5) is 10.8. The molecule has 1 amide bonds. The summed E-state index contributed by atoms with van der Waals surface area (Å²) >= 11 is 0. The van der Waals surface area contributed by atoms with Crippen molar-refractivity contribution in [2.45, 2.75) is 25.0 Å². The minimum absolute atomic E-state index is 0.0378. The lowest BCUT2D eigenvalue weighted by Gasteiger charge is -2.34. The van der Waals surface area contributed by atoms with Gasteiger partial charge in [0, 0.05) is 20.2 Å². The van der Waals surface area contributed by atoms with Gasteiger partial charge in [-0.1, -0.05) is 0 Å². The predicted octanol–water partition coefficient (Wildman–Crippen LogP) is -0.501. The molecule has 0 aliphatic heterocycles. The Hall–Kier alpha value is -0.610. The molecule has 0 heterocycles. The summed E-state index contributed by atoms with van der Waals surface area (Å²) in [6, 6.07) is 0.465. The molecule has 0 aromatic rings. The molecule has 12 heavy (non-hydrogen) atoms. The Labute approximate surface area is 72.7 Å². The van der Waals surface area contributed by atoms with E-state index in [1.807, 2.05) is 0 Å². The summed E-state index contributed by atoms with van der Waals surface area (Å²) in [5.41, 5.74) is 0. The van der Waals surface area contributed by atoms with E-state index in [-0.39, 0.29) is 5.91 Å². The summed E-state index contributed by atoms with van der Waals surface area (Å²) in [6.45, 7) is 0.414. The van der Waals surface area contributed by atoms with E-state index in [0.29, 0.717) is 18.7 Å². The number of likely N-dealkylation sites (N-methyl/N-ethyl adjacent to an activating group) is 1. The Morgan fingerprint density at radius 2 is 2.25 bits per heavy atom. The first-order valence-electron chi connectivity index (χ1n) is 4.23. The van der Waals surface area contributed by atoms with Crippen LogP contribution in [0, 0.1) is 0 Å². The Morgan fingerprint density at radius 1 is 1.58 bits per heavy atom. The maximum absolute atomic E-state index is 10.8. The molecule has 1 saturated carbocycles. The fraction of sp³-hybridized carbons (Fsp3) is 0.875. The van der Waals surface area contributed by atoms with Crippen molar-refractivity contribution >= 4 is 5.91 Å². The van der Waals surface area contributed by atoms with Crippen LogP contribution < -0.4 is 10.6 Å². The lowest BCUT2D eigenvalue weighted by Crippen LogP contribution is -2.47. The van der Waals surface area contributed by atoms with Crippen LogP contribution in [0.3, 0.4) is 0 Å². The van der Waals surface area contributed by atoms with Gasteiger partial charge in [-0.2, -0.15) is 0 Å². The highest BCUT2D eigenvalue weighted by Gasteiger charge is 2.28. The van der Waals surface area contributed by atoms with Crippen LogP contribution in [0.4, 0.5) is 0 Å². The number of rotatable bonds is 4. The van der Waals surface area contributed by atoms with E-state index in [0.717, 1.165) is 12.8 Å². The van der Waals surface area contributed by atoms with E-state index in [1.165, 1.54) is 0 Å². The molecule has 4 nitrogen and oxygen atoms in total. The average Bonchev–Trinajstić information content (AvgIpc) is 2.01. The van der Waals surface area contributed by atoms with Crippen LogP contribution in [0.2, 0.25) is 0 Å². The molecule has 0 unspecified atom stereocenters. The van der Waals surface area contributed by atoms with Crippen molar-refractivity contribution in [2.24, 2.45) is 0 Å². The van der Waals surface area contributed by atoms with Crippen LogP contribution in [-0.4, -0.2) is 38.8 Å². The zero-order chi connectivity index (χ0) is 8.97. The van der Waals surface area contributed by atoms with Gasteiger partial charge in [0.15, 0.2) is 0 Å². The topological polar surface area (TPSA) is 50.4 Å². The highest BCUT2D eigenvalue weighted by atomic mass is 16.5. The molecule has 0 aromatic heterocycles. The molecule has 1 fully saturated rings. The molecule has 2 N–H and O–H groups in total. The molecule has 0 atom stereocenters. The van der Waals surface area contributed by atoms with Gasteiger partial charge in [0.2, 0.25) is 5.91 Å². The predicted molar refractivity (Wildman–Crippen MR) is 45.9 cm³/mol. The van der Waals surface area contributed by atoms with E-state index < -0.39 is 0 Å². The van der Waals surface area contributed by atoms with Gasteiger partial charge in [-0.05, 0) is 12.8 Å². The zero-order valence-electron chi connectivity index (χ0n) is 7.59. The van der Waals surface area contributed by atoms with Crippen LogP contribution >= 0.6 is 0 Å². The van der Waals surface area contributed by atoms with E-state index in [2.05, 4.69) is 10.6 Å². The molecule has 70 valence electrons. The van der Waals surface area contributed by atoms with Crippen LogP contribution in [0.25, 0.3) is 0 Å². The van der Waals surface area contributed by atoms with Crippen molar-refractivity contribution in [2.75, 3.05) is 20.7 Å². The fourth-order valence-electron chi connectivity index (χ4n) is 1.25. The molecular weight excluding hydrogens is 156 g/mol. The molecular formula is C8H16N2O2. The van der Waals surface area contributed by atoms with Crippen molar-refractivity contribution in [1.82, 2.24) is 10.6 Å². The van der Waals surface area contributed by atoms with E-state index in [9.17, 15) is 4.79 Å². The smallest absolute Gasteiger partial charge is 0.233 e. The first-order valence-corrected chi connectivity index (χ1v) is 4.23. The monoisotopic (exact) mass is 172 g/mol. The summed E-state index contributed by atoms with van der Waals surface area (Å²) < 4.78 is 5.11. The Balaban J connectivity index is 2.00. The Morgan fingerprint density at radius 3 is 2.75 bits per heavy atom. The highest BCUT2D eigenvalue weighted by molar-refractivity contribution is 5.77. The van der Waals surface area contributed by atoms with Gasteiger partial charge in [-0.25, -0.2) is 0 Å². The minimum Gasteiger partial charge on any atom is -0.381 e. The van der Waals surface area contributed by atoms with Crippen LogP contribution in [-0.2, 0) is 9.53 Å². The third kappa shape index (κ3) is 2.46. The quantitative estimate of drug-likeness (QED) is 0.601. The van der Waals surface area contributed by atoms with Crippen LogP contribution in [0.1, 0.15) is 12.8 Å². The summed E-state index contributed by atoms with van der Waals surface area (Å²) in [7, 11) is 3.36. The SMILES string of the molecule is CNC(=O)CNC1CC(OC)C1. The van der Waals surface area contributed by atoms with Crippen molar-refractivity contribution in [3.05, 3.63) is 0 Å². The molecule has 0 saturated heterocycles. The standard InChI is InChI=1S/C8H16N2O2/c1-9-8(11)5-10-6-3-7(4-6)12-2/h6-7,10H,3-5H2,1-2H3,(H,9,11). The highest BCUT2D eigenvalue weighted by Crippen LogP contribution is 2.21. The van der Waals surface area contributed by atoms with Crippen LogP contribution in [0.5, 0.6) is 0 Å². The van der Waals surface area contributed by atoms with Crippen molar-refractivity contribution in [3.8, 4) is 0 Å². The van der Waals surface area contributed by atoms with Gasteiger partial charge in [0.25, 0.3) is 0 Å². The molecule has 1 aliphatic carbocycles. The van der Waals surface area contributed by atoms with Gasteiger partial charge in [-0.15, -0.1) is 0 Å². The van der Waals surface area contributed by atoms with Crippen molar-refractivity contribution in [1.29, 1.82) is 0 Å². The van der Waals surface area contributed by atoms with Gasteiger partial charge < -0.3 is 15.4 Å².